The van der Waals surface area contributed by atoms with E-state index in [1.54, 1.807) is 0 Å². The van der Waals surface area contributed by atoms with E-state index in [0.717, 1.165) is 12.3 Å². The maximum atomic E-state index is 13.5. The fraction of sp³-hybridized carbons (Fsp3) is 0.182. The third-order valence-electron chi connectivity index (χ3n) is 2.30. The molecule has 2 rings (SSSR count). The molecule has 0 fully saturated rings. The Labute approximate surface area is 120 Å². The van der Waals surface area contributed by atoms with E-state index in [1.165, 1.54) is 26.4 Å². The fourth-order valence-corrected chi connectivity index (χ4v) is 2.35. The molecule has 0 radical (unpaired) electrons. The summed E-state index contributed by atoms with van der Waals surface area (Å²) in [5, 5.41) is -0.754. The quantitative estimate of drug-likeness (QED) is 0.871. The van der Waals surface area contributed by atoms with E-state index < -0.39 is 20.9 Å². The summed E-state index contributed by atoms with van der Waals surface area (Å²) in [4.78, 5) is 11.1. The molecule has 2 heterocycles. The van der Waals surface area contributed by atoms with Crippen LogP contribution in [0.2, 0.25) is 0 Å². The predicted molar refractivity (Wildman–Crippen MR) is 70.1 cm³/mol. The topological polar surface area (TPSA) is 103 Å². The van der Waals surface area contributed by atoms with Crippen LogP contribution < -0.4 is 14.2 Å². The molecule has 0 saturated carbocycles. The standard InChI is InChI=1S/C11H11FN4O4S/c1-19-8-6-9(20-2)15-11(14-8)16-21(17,18)10-7(12)4-3-5-13-10/h3-6H,1-2H3,(H,14,15,16). The van der Waals surface area contributed by atoms with Gasteiger partial charge in [-0.25, -0.2) is 14.1 Å². The molecule has 112 valence electrons. The Balaban J connectivity index is 2.39. The van der Waals surface area contributed by atoms with Gasteiger partial charge >= 0.3 is 0 Å². The maximum Gasteiger partial charge on any atom is 0.284 e. The van der Waals surface area contributed by atoms with Gasteiger partial charge in [0.15, 0.2) is 5.82 Å². The second-order valence-electron chi connectivity index (χ2n) is 3.67. The first-order valence-corrected chi connectivity index (χ1v) is 7.05. The molecule has 0 saturated heterocycles. The number of ether oxygens (including phenoxy) is 2. The summed E-state index contributed by atoms with van der Waals surface area (Å²) < 4.78 is 49.4. The number of nitrogens with zero attached hydrogens (tertiary/aromatic N) is 3. The number of pyridine rings is 1. The third-order valence-corrected chi connectivity index (χ3v) is 3.56. The number of nitrogens with one attached hydrogen (secondary N) is 1. The Kier molecular flexibility index (Phi) is 4.17. The number of hydrogen-bond donors (Lipinski definition) is 1. The molecule has 2 aromatic rings. The minimum Gasteiger partial charge on any atom is -0.481 e. The number of anilines is 1. The molecule has 2 aromatic heterocycles. The van der Waals surface area contributed by atoms with E-state index in [0.29, 0.717) is 0 Å². The molecule has 21 heavy (non-hydrogen) atoms. The summed E-state index contributed by atoms with van der Waals surface area (Å²) in [7, 11) is -1.57. The maximum absolute atomic E-state index is 13.5. The Morgan fingerprint density at radius 2 is 1.81 bits per heavy atom. The molecule has 0 aliphatic rings. The first kappa shape index (κ1) is 14.9. The normalized spacial score (nSPS) is 11.0. The number of rotatable bonds is 5. The molecule has 0 amide bonds. The highest BCUT2D eigenvalue weighted by molar-refractivity contribution is 7.92. The lowest BCUT2D eigenvalue weighted by Crippen LogP contribution is -2.18. The molecule has 0 aliphatic carbocycles. The molecule has 0 atom stereocenters. The predicted octanol–water partition coefficient (Wildman–Crippen LogP) is 0.829. The largest absolute Gasteiger partial charge is 0.481 e. The lowest BCUT2D eigenvalue weighted by Gasteiger charge is -2.09. The summed E-state index contributed by atoms with van der Waals surface area (Å²) >= 11 is 0. The zero-order valence-corrected chi connectivity index (χ0v) is 11.9. The molecule has 1 N–H and O–H groups in total. The molecule has 10 heteroatoms. The number of hydrogen-bond acceptors (Lipinski definition) is 7. The van der Waals surface area contributed by atoms with Gasteiger partial charge in [-0.05, 0) is 12.1 Å². The number of methoxy groups -OCH3 is 2. The van der Waals surface area contributed by atoms with Gasteiger partial charge < -0.3 is 9.47 Å². The molecule has 0 aromatic carbocycles. The molecular weight excluding hydrogens is 303 g/mol. The van der Waals surface area contributed by atoms with Gasteiger partial charge in [-0.15, -0.1) is 0 Å². The number of sulfonamides is 1. The SMILES string of the molecule is COc1cc(OC)nc(NS(=O)(=O)c2ncccc2F)n1. The summed E-state index contributed by atoms with van der Waals surface area (Å²) in [6.07, 6.45) is 1.16. The Bertz CT molecular complexity index is 731. The Hall–Kier alpha value is -2.49. The second-order valence-corrected chi connectivity index (χ2v) is 5.27. The third kappa shape index (κ3) is 3.34. The highest BCUT2D eigenvalue weighted by atomic mass is 32.2. The van der Waals surface area contributed by atoms with Crippen molar-refractivity contribution in [3.8, 4) is 11.8 Å². The molecular formula is C11H11FN4O4S. The van der Waals surface area contributed by atoms with Crippen LogP contribution in [0.1, 0.15) is 0 Å². The van der Waals surface area contributed by atoms with Gasteiger partial charge in [0.25, 0.3) is 10.0 Å². The van der Waals surface area contributed by atoms with Gasteiger partial charge in [-0.2, -0.15) is 18.4 Å². The van der Waals surface area contributed by atoms with Gasteiger partial charge in [0.2, 0.25) is 22.7 Å². The van der Waals surface area contributed by atoms with Crippen molar-refractivity contribution in [1.82, 2.24) is 15.0 Å². The minimum absolute atomic E-state index is 0.0843. The number of halogens is 1. The fourth-order valence-electron chi connectivity index (χ4n) is 1.40. The van der Waals surface area contributed by atoms with Crippen molar-refractivity contribution in [3.63, 3.8) is 0 Å². The summed E-state index contributed by atoms with van der Waals surface area (Å²) in [5.74, 6) is -1.14. The smallest absolute Gasteiger partial charge is 0.284 e. The van der Waals surface area contributed by atoms with Gasteiger partial charge in [-0.3, -0.25) is 0 Å². The molecule has 0 unspecified atom stereocenters. The second kappa shape index (κ2) is 5.87. The summed E-state index contributed by atoms with van der Waals surface area (Å²) in [6, 6.07) is 3.62. The average Bonchev–Trinajstić information content (AvgIpc) is 2.46. The molecule has 0 spiro atoms. The van der Waals surface area contributed by atoms with Crippen molar-refractivity contribution < 1.29 is 22.3 Å². The van der Waals surface area contributed by atoms with Crippen molar-refractivity contribution in [2.75, 3.05) is 18.9 Å². The van der Waals surface area contributed by atoms with E-state index in [-0.39, 0.29) is 17.7 Å². The lowest BCUT2D eigenvalue weighted by molar-refractivity contribution is 0.373. The summed E-state index contributed by atoms with van der Waals surface area (Å²) in [5.41, 5.74) is 0. The van der Waals surface area contributed by atoms with Crippen LogP contribution in [-0.4, -0.2) is 37.6 Å². The van der Waals surface area contributed by atoms with Crippen molar-refractivity contribution in [3.05, 3.63) is 30.2 Å². The van der Waals surface area contributed by atoms with Crippen molar-refractivity contribution in [1.29, 1.82) is 0 Å². The minimum atomic E-state index is -4.27. The van der Waals surface area contributed by atoms with Crippen LogP contribution in [0, 0.1) is 5.82 Å². The van der Waals surface area contributed by atoms with Crippen molar-refractivity contribution >= 4 is 16.0 Å². The lowest BCUT2D eigenvalue weighted by atomic mass is 10.5. The highest BCUT2D eigenvalue weighted by Crippen LogP contribution is 2.20. The monoisotopic (exact) mass is 314 g/mol. The van der Waals surface area contributed by atoms with Gasteiger partial charge in [-0.1, -0.05) is 0 Å². The zero-order valence-electron chi connectivity index (χ0n) is 11.1. The van der Waals surface area contributed by atoms with Gasteiger partial charge in [0, 0.05) is 6.20 Å². The first-order valence-electron chi connectivity index (χ1n) is 5.56. The van der Waals surface area contributed by atoms with Crippen LogP contribution in [0.3, 0.4) is 0 Å². The van der Waals surface area contributed by atoms with Crippen molar-refractivity contribution in [2.45, 2.75) is 5.03 Å². The first-order chi connectivity index (χ1) is 9.96. The van der Waals surface area contributed by atoms with E-state index in [1.807, 2.05) is 4.72 Å². The van der Waals surface area contributed by atoms with Crippen LogP contribution in [0.15, 0.2) is 29.4 Å². The van der Waals surface area contributed by atoms with Gasteiger partial charge in [0.05, 0.1) is 20.3 Å². The van der Waals surface area contributed by atoms with Crippen LogP contribution in [0.5, 0.6) is 11.8 Å². The van der Waals surface area contributed by atoms with Crippen LogP contribution >= 0.6 is 0 Å². The molecule has 8 nitrogen and oxygen atoms in total. The van der Waals surface area contributed by atoms with E-state index in [4.69, 9.17) is 9.47 Å². The van der Waals surface area contributed by atoms with E-state index in [2.05, 4.69) is 15.0 Å². The zero-order chi connectivity index (χ0) is 15.5. The molecule has 0 aliphatic heterocycles. The van der Waals surface area contributed by atoms with Crippen LogP contribution in [0.25, 0.3) is 0 Å². The Morgan fingerprint density at radius 1 is 1.19 bits per heavy atom. The van der Waals surface area contributed by atoms with Crippen molar-refractivity contribution in [2.24, 2.45) is 0 Å². The molecule has 0 bridgehead atoms. The highest BCUT2D eigenvalue weighted by Gasteiger charge is 2.22. The van der Waals surface area contributed by atoms with Gasteiger partial charge in [0.1, 0.15) is 0 Å². The van der Waals surface area contributed by atoms with E-state index >= 15 is 0 Å². The van der Waals surface area contributed by atoms with Crippen LogP contribution in [-0.2, 0) is 10.0 Å². The number of aromatic nitrogens is 3. The van der Waals surface area contributed by atoms with E-state index in [9.17, 15) is 12.8 Å². The van der Waals surface area contributed by atoms with Crippen LogP contribution in [0.4, 0.5) is 10.3 Å². The summed E-state index contributed by atoms with van der Waals surface area (Å²) in [6.45, 7) is 0. The average molecular weight is 314 g/mol. The Morgan fingerprint density at radius 3 is 2.33 bits per heavy atom.